The summed E-state index contributed by atoms with van der Waals surface area (Å²) in [5.41, 5.74) is 0.578. The van der Waals surface area contributed by atoms with Crippen molar-refractivity contribution in [1.29, 1.82) is 0 Å². The van der Waals surface area contributed by atoms with E-state index < -0.39 is 0 Å². The second kappa shape index (κ2) is 6.10. The summed E-state index contributed by atoms with van der Waals surface area (Å²) >= 11 is 1.34. The van der Waals surface area contributed by atoms with Crippen LogP contribution in [0.4, 0.5) is 0 Å². The summed E-state index contributed by atoms with van der Waals surface area (Å²) in [5, 5.41) is 0.366. The third-order valence-corrected chi connectivity index (χ3v) is 7.78. The molecule has 0 aromatic heterocycles. The fourth-order valence-electron chi connectivity index (χ4n) is 1.95. The Balaban J connectivity index is 2.84. The van der Waals surface area contributed by atoms with Crippen molar-refractivity contribution < 1.29 is 9.59 Å². The van der Waals surface area contributed by atoms with Crippen molar-refractivity contribution in [1.82, 2.24) is 0 Å². The fraction of sp³-hybridized carbons (Fsp3) is 0.692. The number of carbonyl (C=O) groups excluding carboxylic acids is 2. The van der Waals surface area contributed by atoms with Gasteiger partial charge >= 0.3 is 5.12 Å². The molecule has 1 saturated heterocycles. The molecule has 0 amide bonds. The van der Waals surface area contributed by atoms with Gasteiger partial charge in [0.2, 0.25) is 5.12 Å². The van der Waals surface area contributed by atoms with E-state index in [2.05, 4.69) is 13.5 Å². The maximum Gasteiger partial charge on any atom is 0.332 e. The molecule has 2 nitrogen and oxygen atoms in total. The van der Waals surface area contributed by atoms with Gasteiger partial charge in [0.15, 0.2) is 4.08 Å². The molecule has 1 heterocycles. The van der Waals surface area contributed by atoms with Crippen molar-refractivity contribution in [2.24, 2.45) is 0 Å². The largest absolute Gasteiger partial charge is 0.332 e. The molecule has 0 saturated carbocycles. The highest BCUT2D eigenvalue weighted by Gasteiger charge is 2.51. The zero-order chi connectivity index (χ0) is 13.1. The second-order valence-electron chi connectivity index (χ2n) is 4.58. The highest BCUT2D eigenvalue weighted by Crippen LogP contribution is 2.43. The van der Waals surface area contributed by atoms with E-state index in [1.165, 1.54) is 11.8 Å². The highest BCUT2D eigenvalue weighted by atomic mass is 32.2. The Hall–Kier alpha value is -0.220. The smallest absolute Gasteiger partial charge is 0.282 e. The van der Waals surface area contributed by atoms with Crippen molar-refractivity contribution in [3.8, 4) is 0 Å². The molecule has 1 fully saturated rings. The molecule has 0 aliphatic carbocycles. The van der Waals surface area contributed by atoms with Crippen LogP contribution in [0.25, 0.3) is 0 Å². The summed E-state index contributed by atoms with van der Waals surface area (Å²) in [6.07, 6.45) is 3.78. The minimum Gasteiger partial charge on any atom is -0.282 e. The van der Waals surface area contributed by atoms with Gasteiger partial charge in [-0.25, -0.2) is 4.79 Å². The van der Waals surface area contributed by atoms with E-state index in [-0.39, 0.29) is 20.1 Å². The molecule has 0 aromatic carbocycles. The molecular formula is C13H21O2S2+. The summed E-state index contributed by atoms with van der Waals surface area (Å²) in [7, 11) is -0.268. The lowest BCUT2D eigenvalue weighted by atomic mass is 10.2. The van der Waals surface area contributed by atoms with Gasteiger partial charge in [-0.15, -0.1) is 0 Å². The second-order valence-corrected chi connectivity index (χ2v) is 8.86. The van der Waals surface area contributed by atoms with Gasteiger partial charge in [0.25, 0.3) is 0 Å². The Morgan fingerprint density at radius 3 is 2.59 bits per heavy atom. The summed E-state index contributed by atoms with van der Waals surface area (Å²) in [4.78, 5) is 23.8. The number of rotatable bonds is 3. The molecule has 0 spiro atoms. The Kier molecular flexibility index (Phi) is 5.32. The molecule has 1 aliphatic heterocycles. The van der Waals surface area contributed by atoms with Crippen molar-refractivity contribution in [2.45, 2.75) is 50.5 Å². The SMILES string of the molecule is C=C(C)C(=O)SC1(C)CCCC[S+]1C(=O)CC. The maximum atomic E-state index is 12.0. The van der Waals surface area contributed by atoms with Crippen LogP contribution in [0.1, 0.15) is 46.5 Å². The normalized spacial score (nSPS) is 28.8. The first kappa shape index (κ1) is 14.8. The van der Waals surface area contributed by atoms with Crippen molar-refractivity contribution in [3.63, 3.8) is 0 Å². The lowest BCUT2D eigenvalue weighted by molar-refractivity contribution is -0.111. The monoisotopic (exact) mass is 273 g/mol. The van der Waals surface area contributed by atoms with E-state index in [9.17, 15) is 9.59 Å². The van der Waals surface area contributed by atoms with E-state index >= 15 is 0 Å². The van der Waals surface area contributed by atoms with Crippen molar-refractivity contribution in [2.75, 3.05) is 5.75 Å². The quantitative estimate of drug-likeness (QED) is 0.584. The first-order chi connectivity index (χ1) is 7.90. The topological polar surface area (TPSA) is 34.1 Å². The van der Waals surface area contributed by atoms with Gasteiger partial charge in [-0.2, -0.15) is 0 Å². The predicted molar refractivity (Wildman–Crippen MR) is 77.2 cm³/mol. The van der Waals surface area contributed by atoms with E-state index in [0.717, 1.165) is 25.0 Å². The van der Waals surface area contributed by atoms with Gasteiger partial charge in [0.1, 0.15) is 5.75 Å². The molecule has 0 aromatic rings. The number of hydrogen-bond acceptors (Lipinski definition) is 3. The van der Waals surface area contributed by atoms with Crippen LogP contribution in [0.3, 0.4) is 0 Å². The molecule has 0 N–H and O–H groups in total. The molecule has 0 bridgehead atoms. The van der Waals surface area contributed by atoms with Gasteiger partial charge in [0, 0.05) is 6.42 Å². The average molecular weight is 273 g/mol. The van der Waals surface area contributed by atoms with Crippen molar-refractivity contribution >= 4 is 32.9 Å². The molecule has 0 radical (unpaired) electrons. The van der Waals surface area contributed by atoms with E-state index in [4.69, 9.17) is 0 Å². The van der Waals surface area contributed by atoms with Gasteiger partial charge in [-0.1, -0.05) is 13.5 Å². The van der Waals surface area contributed by atoms with Crippen LogP contribution in [0.5, 0.6) is 0 Å². The van der Waals surface area contributed by atoms with E-state index in [0.29, 0.717) is 17.1 Å². The summed E-state index contributed by atoms with van der Waals surface area (Å²) in [6.45, 7) is 9.42. The van der Waals surface area contributed by atoms with Crippen LogP contribution >= 0.6 is 11.8 Å². The van der Waals surface area contributed by atoms with Crippen LogP contribution in [-0.2, 0) is 20.5 Å². The van der Waals surface area contributed by atoms with Crippen LogP contribution in [-0.4, -0.2) is 20.1 Å². The first-order valence-electron chi connectivity index (χ1n) is 6.03. The Bertz CT molecular complexity index is 338. The number of thioether (sulfide) groups is 1. The van der Waals surface area contributed by atoms with Crippen LogP contribution in [0, 0.1) is 0 Å². The zero-order valence-electron chi connectivity index (χ0n) is 10.9. The maximum absolute atomic E-state index is 12.0. The lowest BCUT2D eigenvalue weighted by Crippen LogP contribution is -2.43. The molecule has 1 rings (SSSR count). The third-order valence-electron chi connectivity index (χ3n) is 2.97. The lowest BCUT2D eigenvalue weighted by Gasteiger charge is -2.30. The molecule has 1 aliphatic rings. The van der Waals surface area contributed by atoms with Gasteiger partial charge in [-0.3, -0.25) is 4.79 Å². The van der Waals surface area contributed by atoms with Gasteiger partial charge in [-0.05, 0) is 44.0 Å². The van der Waals surface area contributed by atoms with Crippen LogP contribution < -0.4 is 0 Å². The van der Waals surface area contributed by atoms with Gasteiger partial charge < -0.3 is 0 Å². The summed E-state index contributed by atoms with van der Waals surface area (Å²) in [5.74, 6) is 0.958. The van der Waals surface area contributed by atoms with Crippen molar-refractivity contribution in [3.05, 3.63) is 12.2 Å². The molecular weight excluding hydrogens is 252 g/mol. The standard InChI is InChI=1S/C13H21O2S2/c1-5-11(14)17-9-7-6-8-13(17,4)16-12(15)10(2)3/h2,5-9H2,1,3-4H3/q+1. The third kappa shape index (κ3) is 3.62. The predicted octanol–water partition coefficient (Wildman–Crippen LogP) is 3.28. The number of carbonyl (C=O) groups is 2. The molecule has 17 heavy (non-hydrogen) atoms. The Labute approximate surface area is 111 Å². The van der Waals surface area contributed by atoms with Crippen LogP contribution in [0.2, 0.25) is 0 Å². The molecule has 96 valence electrons. The van der Waals surface area contributed by atoms with Gasteiger partial charge in [0.05, 0.1) is 17.3 Å². The van der Waals surface area contributed by atoms with E-state index in [1.807, 2.05) is 6.92 Å². The molecule has 4 heteroatoms. The van der Waals surface area contributed by atoms with Crippen LogP contribution in [0.15, 0.2) is 12.2 Å². The summed E-state index contributed by atoms with van der Waals surface area (Å²) < 4.78 is -0.193. The highest BCUT2D eigenvalue weighted by molar-refractivity contribution is 8.29. The summed E-state index contributed by atoms with van der Waals surface area (Å²) in [6, 6.07) is 0. The fourth-order valence-corrected chi connectivity index (χ4v) is 6.29. The minimum atomic E-state index is -0.268. The molecule has 2 atom stereocenters. The Morgan fingerprint density at radius 2 is 2.06 bits per heavy atom. The molecule has 2 unspecified atom stereocenters. The van der Waals surface area contributed by atoms with E-state index in [1.54, 1.807) is 6.92 Å². The first-order valence-corrected chi connectivity index (χ1v) is 8.24. The Morgan fingerprint density at radius 1 is 1.41 bits per heavy atom. The minimum absolute atomic E-state index is 0.0378. The average Bonchev–Trinajstić information content (AvgIpc) is 2.28. The zero-order valence-corrected chi connectivity index (χ0v) is 12.5. The number of hydrogen-bond donors (Lipinski definition) is 0.